The van der Waals surface area contributed by atoms with Gasteiger partial charge in [-0.05, 0) is 6.92 Å². The van der Waals surface area contributed by atoms with Crippen LogP contribution < -0.4 is 0 Å². The molecule has 15 heavy (non-hydrogen) atoms. The zero-order chi connectivity index (χ0) is 12.2. The number of esters is 1. The lowest BCUT2D eigenvalue weighted by Crippen LogP contribution is -2.36. The van der Waals surface area contributed by atoms with Gasteiger partial charge in [-0.25, -0.2) is 22.4 Å². The lowest BCUT2D eigenvalue weighted by atomic mass is 10.2. The largest absolute Gasteiger partial charge is 0.424 e. The van der Waals surface area contributed by atoms with Crippen molar-refractivity contribution in [2.24, 2.45) is 0 Å². The molecule has 7 heteroatoms. The fraction of sp³-hybridized carbons (Fsp3) is 0.625. The van der Waals surface area contributed by atoms with Gasteiger partial charge in [0.2, 0.25) is 6.17 Å². The van der Waals surface area contributed by atoms with Crippen LogP contribution in [0.25, 0.3) is 0 Å². The van der Waals surface area contributed by atoms with E-state index in [1.165, 1.54) is 0 Å². The Morgan fingerprint density at radius 3 is 1.93 bits per heavy atom. The summed E-state index contributed by atoms with van der Waals surface area (Å²) in [5.74, 6) is -1.31. The van der Waals surface area contributed by atoms with Gasteiger partial charge in [-0.1, -0.05) is 6.58 Å². The minimum absolute atomic E-state index is 0.252. The summed E-state index contributed by atoms with van der Waals surface area (Å²) in [5.41, 5.74) is -0.252. The standard InChI is InChI=1S/C8H9F5O2/c1-3(2)8(14)15-7(13)5(10)4(9)6(11)12/h4-7H,1H2,2H3. The number of hydrogen-bond acceptors (Lipinski definition) is 2. The molecule has 0 aromatic heterocycles. The van der Waals surface area contributed by atoms with Crippen molar-refractivity contribution in [2.45, 2.75) is 32.1 Å². The number of carbonyl (C=O) groups excluding carboxylic acids is 1. The highest BCUT2D eigenvalue weighted by Gasteiger charge is 2.38. The van der Waals surface area contributed by atoms with Gasteiger partial charge >= 0.3 is 5.97 Å². The Labute approximate surface area is 82.7 Å². The fourth-order valence-corrected chi connectivity index (χ4v) is 0.551. The first-order chi connectivity index (χ1) is 6.77. The van der Waals surface area contributed by atoms with E-state index >= 15 is 0 Å². The maximum atomic E-state index is 12.6. The van der Waals surface area contributed by atoms with E-state index in [4.69, 9.17) is 0 Å². The second-order valence-electron chi connectivity index (χ2n) is 2.76. The summed E-state index contributed by atoms with van der Waals surface area (Å²) in [7, 11) is 0. The summed E-state index contributed by atoms with van der Waals surface area (Å²) >= 11 is 0. The highest BCUT2D eigenvalue weighted by molar-refractivity contribution is 5.87. The van der Waals surface area contributed by atoms with Crippen molar-refractivity contribution >= 4 is 5.97 Å². The zero-order valence-corrected chi connectivity index (χ0v) is 7.72. The molecule has 0 saturated carbocycles. The summed E-state index contributed by atoms with van der Waals surface area (Å²) in [6, 6.07) is 0. The van der Waals surface area contributed by atoms with E-state index < -0.39 is 31.1 Å². The molecular weight excluding hydrogens is 223 g/mol. The number of hydrogen-bond donors (Lipinski definition) is 0. The molecule has 0 aliphatic rings. The Hall–Kier alpha value is -1.14. The third-order valence-electron chi connectivity index (χ3n) is 1.36. The van der Waals surface area contributed by atoms with Crippen molar-refractivity contribution in [3.8, 4) is 0 Å². The quantitative estimate of drug-likeness (QED) is 0.413. The lowest BCUT2D eigenvalue weighted by molar-refractivity contribution is -0.167. The Balaban J connectivity index is 4.27. The molecule has 3 atom stereocenters. The van der Waals surface area contributed by atoms with Crippen LogP contribution in [-0.4, -0.2) is 31.1 Å². The Morgan fingerprint density at radius 2 is 1.60 bits per heavy atom. The van der Waals surface area contributed by atoms with Crippen LogP contribution in [0.4, 0.5) is 22.0 Å². The van der Waals surface area contributed by atoms with Crippen LogP contribution in [0.15, 0.2) is 12.2 Å². The topological polar surface area (TPSA) is 26.3 Å². The summed E-state index contributed by atoms with van der Waals surface area (Å²) < 4.78 is 64.2. The number of ether oxygens (including phenoxy) is 1. The normalized spacial score (nSPS) is 17.0. The number of rotatable bonds is 5. The smallest absolute Gasteiger partial charge is 0.335 e. The fourth-order valence-electron chi connectivity index (χ4n) is 0.551. The predicted molar refractivity (Wildman–Crippen MR) is 41.6 cm³/mol. The summed E-state index contributed by atoms with van der Waals surface area (Å²) in [6.07, 6.45) is -13.3. The van der Waals surface area contributed by atoms with Gasteiger partial charge in [-0.2, -0.15) is 4.39 Å². The molecule has 0 bridgehead atoms. The average Bonchev–Trinajstić information content (AvgIpc) is 2.14. The van der Waals surface area contributed by atoms with E-state index in [1.54, 1.807) is 0 Å². The van der Waals surface area contributed by atoms with Crippen LogP contribution in [-0.2, 0) is 9.53 Å². The lowest BCUT2D eigenvalue weighted by Gasteiger charge is -2.16. The van der Waals surface area contributed by atoms with Gasteiger partial charge in [-0.3, -0.25) is 0 Å². The maximum Gasteiger partial charge on any atom is 0.335 e. The monoisotopic (exact) mass is 232 g/mol. The Kier molecular flexibility index (Phi) is 5.24. The third-order valence-corrected chi connectivity index (χ3v) is 1.36. The molecule has 0 aliphatic carbocycles. The Bertz CT molecular complexity index is 243. The van der Waals surface area contributed by atoms with Crippen molar-refractivity contribution in [3.05, 3.63) is 12.2 Å². The SMILES string of the molecule is C=C(C)C(=O)OC(F)C(F)C(F)C(F)F. The molecule has 0 saturated heterocycles. The van der Waals surface area contributed by atoms with Gasteiger partial charge in [0.15, 0.2) is 6.17 Å². The van der Waals surface area contributed by atoms with E-state index in [2.05, 4.69) is 11.3 Å². The molecule has 0 heterocycles. The van der Waals surface area contributed by atoms with Gasteiger partial charge < -0.3 is 4.74 Å². The minimum atomic E-state index is -3.68. The molecule has 0 aromatic rings. The van der Waals surface area contributed by atoms with Crippen LogP contribution >= 0.6 is 0 Å². The molecule has 0 spiro atoms. The predicted octanol–water partition coefficient (Wildman–Crippen LogP) is 2.34. The molecule has 2 nitrogen and oxygen atoms in total. The molecule has 0 rings (SSSR count). The van der Waals surface area contributed by atoms with Crippen LogP contribution in [0.3, 0.4) is 0 Å². The van der Waals surface area contributed by atoms with Crippen LogP contribution in [0, 0.1) is 0 Å². The van der Waals surface area contributed by atoms with Gasteiger partial charge in [-0.15, -0.1) is 0 Å². The zero-order valence-electron chi connectivity index (χ0n) is 7.72. The number of carbonyl (C=O) groups is 1. The highest BCUT2D eigenvalue weighted by Crippen LogP contribution is 2.19. The Morgan fingerprint density at radius 1 is 1.13 bits per heavy atom. The van der Waals surface area contributed by atoms with Crippen molar-refractivity contribution < 1.29 is 31.5 Å². The molecule has 88 valence electrons. The first kappa shape index (κ1) is 13.9. The second-order valence-corrected chi connectivity index (χ2v) is 2.76. The first-order valence-electron chi connectivity index (χ1n) is 3.84. The average molecular weight is 232 g/mol. The van der Waals surface area contributed by atoms with Crippen molar-refractivity contribution in [1.29, 1.82) is 0 Å². The first-order valence-corrected chi connectivity index (χ1v) is 3.84. The minimum Gasteiger partial charge on any atom is -0.424 e. The van der Waals surface area contributed by atoms with Crippen LogP contribution in [0.1, 0.15) is 6.92 Å². The van der Waals surface area contributed by atoms with Crippen molar-refractivity contribution in [3.63, 3.8) is 0 Å². The molecule has 0 amide bonds. The molecule has 0 aliphatic heterocycles. The molecule has 0 radical (unpaired) electrons. The molecular formula is C8H9F5O2. The van der Waals surface area contributed by atoms with E-state index in [9.17, 15) is 26.7 Å². The third kappa shape index (κ3) is 4.26. The van der Waals surface area contributed by atoms with Gasteiger partial charge in [0, 0.05) is 5.57 Å². The van der Waals surface area contributed by atoms with E-state index in [0.717, 1.165) is 6.92 Å². The summed E-state index contributed by atoms with van der Waals surface area (Å²) in [4.78, 5) is 10.6. The van der Waals surface area contributed by atoms with E-state index in [-0.39, 0.29) is 5.57 Å². The summed E-state index contributed by atoms with van der Waals surface area (Å²) in [5, 5.41) is 0. The molecule has 0 N–H and O–H groups in total. The molecule has 0 aromatic carbocycles. The molecule has 0 fully saturated rings. The van der Waals surface area contributed by atoms with Gasteiger partial charge in [0.05, 0.1) is 0 Å². The number of alkyl halides is 5. The van der Waals surface area contributed by atoms with Crippen LogP contribution in [0.5, 0.6) is 0 Å². The van der Waals surface area contributed by atoms with Crippen molar-refractivity contribution in [1.82, 2.24) is 0 Å². The van der Waals surface area contributed by atoms with Gasteiger partial charge in [0.25, 0.3) is 12.8 Å². The highest BCUT2D eigenvalue weighted by atomic mass is 19.3. The molecule has 3 unspecified atom stereocenters. The van der Waals surface area contributed by atoms with Gasteiger partial charge in [0.1, 0.15) is 0 Å². The van der Waals surface area contributed by atoms with E-state index in [1.807, 2.05) is 0 Å². The van der Waals surface area contributed by atoms with E-state index in [0.29, 0.717) is 0 Å². The maximum absolute atomic E-state index is 12.6. The van der Waals surface area contributed by atoms with Crippen molar-refractivity contribution in [2.75, 3.05) is 0 Å². The second kappa shape index (κ2) is 5.67. The summed E-state index contributed by atoms with van der Waals surface area (Å²) in [6.45, 7) is 4.18. The van der Waals surface area contributed by atoms with Crippen LogP contribution in [0.2, 0.25) is 0 Å². The number of halogens is 5.